The zero-order chi connectivity index (χ0) is 18.4. The van der Waals surface area contributed by atoms with E-state index in [1.165, 1.54) is 0 Å². The largest absolute Gasteiger partial charge is 0.493 e. The number of carbonyl (C=O) groups excluding carboxylic acids is 1. The standard InChI is InChI=1S/C19H27N3O3/c1-14-12-20-13-22(14)10-6-9-21-18(23)19(2,3)15-7-8-16(24-4)17(11-15)25-5/h7-8,11-13H,6,9-10H2,1-5H3,(H,21,23). The minimum Gasteiger partial charge on any atom is -0.493 e. The van der Waals surface area contributed by atoms with Crippen LogP contribution >= 0.6 is 0 Å². The van der Waals surface area contributed by atoms with Crippen LogP contribution in [0.2, 0.25) is 0 Å². The van der Waals surface area contributed by atoms with Gasteiger partial charge in [0.05, 0.1) is 26.0 Å². The maximum absolute atomic E-state index is 12.6. The molecular formula is C19H27N3O3. The highest BCUT2D eigenvalue weighted by Crippen LogP contribution is 2.33. The van der Waals surface area contributed by atoms with Gasteiger partial charge in [-0.05, 0) is 44.9 Å². The van der Waals surface area contributed by atoms with Crippen molar-refractivity contribution in [3.63, 3.8) is 0 Å². The predicted molar refractivity (Wildman–Crippen MR) is 97.2 cm³/mol. The molecule has 136 valence electrons. The first kappa shape index (κ1) is 18.8. The summed E-state index contributed by atoms with van der Waals surface area (Å²) in [5, 5.41) is 3.02. The van der Waals surface area contributed by atoms with Gasteiger partial charge < -0.3 is 19.4 Å². The number of hydrogen-bond acceptors (Lipinski definition) is 4. The van der Waals surface area contributed by atoms with Crippen LogP contribution in [-0.4, -0.2) is 36.2 Å². The van der Waals surface area contributed by atoms with E-state index in [1.54, 1.807) is 14.2 Å². The number of aryl methyl sites for hydroxylation is 2. The van der Waals surface area contributed by atoms with Crippen molar-refractivity contribution in [3.8, 4) is 11.5 Å². The third-order valence-corrected chi connectivity index (χ3v) is 4.45. The number of amides is 1. The minimum absolute atomic E-state index is 0.0120. The van der Waals surface area contributed by atoms with Gasteiger partial charge >= 0.3 is 0 Å². The molecule has 0 saturated carbocycles. The molecule has 0 atom stereocenters. The lowest BCUT2D eigenvalue weighted by atomic mass is 9.83. The Labute approximate surface area is 149 Å². The van der Waals surface area contributed by atoms with Crippen LogP contribution in [-0.2, 0) is 16.8 Å². The van der Waals surface area contributed by atoms with Gasteiger partial charge in [0.2, 0.25) is 5.91 Å². The predicted octanol–water partition coefficient (Wildman–Crippen LogP) is 2.69. The molecule has 0 spiro atoms. The second-order valence-electron chi connectivity index (χ2n) is 6.53. The quantitative estimate of drug-likeness (QED) is 0.747. The molecular weight excluding hydrogens is 318 g/mol. The van der Waals surface area contributed by atoms with Gasteiger partial charge in [-0.1, -0.05) is 6.07 Å². The Hall–Kier alpha value is -2.50. The molecule has 1 aromatic carbocycles. The normalized spacial score (nSPS) is 11.2. The summed E-state index contributed by atoms with van der Waals surface area (Å²) in [4.78, 5) is 16.7. The minimum atomic E-state index is -0.662. The van der Waals surface area contributed by atoms with Crippen molar-refractivity contribution >= 4 is 5.91 Å². The lowest BCUT2D eigenvalue weighted by Gasteiger charge is -2.25. The Morgan fingerprint density at radius 3 is 2.56 bits per heavy atom. The number of methoxy groups -OCH3 is 2. The van der Waals surface area contributed by atoms with Gasteiger partial charge in [0.1, 0.15) is 0 Å². The van der Waals surface area contributed by atoms with Crippen molar-refractivity contribution in [3.05, 3.63) is 42.0 Å². The summed E-state index contributed by atoms with van der Waals surface area (Å²) in [6.45, 7) is 7.29. The number of hydrogen-bond donors (Lipinski definition) is 1. The van der Waals surface area contributed by atoms with E-state index >= 15 is 0 Å². The number of imidazole rings is 1. The van der Waals surface area contributed by atoms with Gasteiger partial charge in [0, 0.05) is 25.0 Å². The molecule has 2 aromatic rings. The average molecular weight is 345 g/mol. The number of rotatable bonds is 8. The fourth-order valence-corrected chi connectivity index (χ4v) is 2.65. The van der Waals surface area contributed by atoms with Crippen molar-refractivity contribution < 1.29 is 14.3 Å². The number of nitrogens with one attached hydrogen (secondary N) is 1. The van der Waals surface area contributed by atoms with Crippen molar-refractivity contribution in [2.45, 2.75) is 39.2 Å². The zero-order valence-electron chi connectivity index (χ0n) is 15.6. The molecule has 0 aliphatic heterocycles. The van der Waals surface area contributed by atoms with E-state index in [2.05, 4.69) is 14.9 Å². The molecule has 1 heterocycles. The van der Waals surface area contributed by atoms with Gasteiger partial charge in [-0.2, -0.15) is 0 Å². The van der Waals surface area contributed by atoms with Crippen LogP contribution in [0.3, 0.4) is 0 Å². The van der Waals surface area contributed by atoms with Gasteiger partial charge in [-0.15, -0.1) is 0 Å². The molecule has 0 fully saturated rings. The van der Waals surface area contributed by atoms with E-state index in [0.29, 0.717) is 18.0 Å². The summed E-state index contributed by atoms with van der Waals surface area (Å²) >= 11 is 0. The molecule has 1 amide bonds. The third kappa shape index (κ3) is 4.32. The van der Waals surface area contributed by atoms with Crippen LogP contribution in [0.15, 0.2) is 30.7 Å². The van der Waals surface area contributed by atoms with Crippen LogP contribution in [0.4, 0.5) is 0 Å². The number of benzene rings is 1. The van der Waals surface area contributed by atoms with E-state index in [4.69, 9.17) is 9.47 Å². The highest BCUT2D eigenvalue weighted by atomic mass is 16.5. The second kappa shape index (κ2) is 8.05. The Kier molecular flexibility index (Phi) is 6.07. The summed E-state index contributed by atoms with van der Waals surface area (Å²) in [7, 11) is 3.18. The summed E-state index contributed by atoms with van der Waals surface area (Å²) in [5.41, 5.74) is 1.34. The van der Waals surface area contributed by atoms with E-state index in [0.717, 1.165) is 24.2 Å². The Morgan fingerprint density at radius 1 is 1.24 bits per heavy atom. The Morgan fingerprint density at radius 2 is 1.96 bits per heavy atom. The first-order chi connectivity index (χ1) is 11.9. The SMILES string of the molecule is COc1ccc(C(C)(C)C(=O)NCCCn2cncc2C)cc1OC. The number of carbonyl (C=O) groups is 1. The first-order valence-electron chi connectivity index (χ1n) is 8.37. The summed E-state index contributed by atoms with van der Waals surface area (Å²) < 4.78 is 12.7. The molecule has 0 aliphatic rings. The van der Waals surface area contributed by atoms with Crippen molar-refractivity contribution in [1.29, 1.82) is 0 Å². The summed E-state index contributed by atoms with van der Waals surface area (Å²) in [6.07, 6.45) is 4.49. The van der Waals surface area contributed by atoms with Gasteiger partial charge in [0.25, 0.3) is 0 Å². The molecule has 6 heteroatoms. The van der Waals surface area contributed by atoms with Crippen LogP contribution in [0.5, 0.6) is 11.5 Å². The number of ether oxygens (including phenoxy) is 2. The zero-order valence-corrected chi connectivity index (χ0v) is 15.6. The van der Waals surface area contributed by atoms with Crippen molar-refractivity contribution in [2.24, 2.45) is 0 Å². The van der Waals surface area contributed by atoms with E-state index in [-0.39, 0.29) is 5.91 Å². The molecule has 0 aliphatic carbocycles. The maximum atomic E-state index is 12.6. The topological polar surface area (TPSA) is 65.4 Å². The Bertz CT molecular complexity index is 722. The lowest BCUT2D eigenvalue weighted by Crippen LogP contribution is -2.40. The lowest BCUT2D eigenvalue weighted by molar-refractivity contribution is -0.125. The number of nitrogens with zero attached hydrogens (tertiary/aromatic N) is 2. The monoisotopic (exact) mass is 345 g/mol. The molecule has 0 bridgehead atoms. The highest BCUT2D eigenvalue weighted by Gasteiger charge is 2.30. The third-order valence-electron chi connectivity index (χ3n) is 4.45. The molecule has 0 radical (unpaired) electrons. The smallest absolute Gasteiger partial charge is 0.230 e. The average Bonchev–Trinajstić information content (AvgIpc) is 3.02. The molecule has 6 nitrogen and oxygen atoms in total. The molecule has 25 heavy (non-hydrogen) atoms. The summed E-state index contributed by atoms with van der Waals surface area (Å²) in [6, 6.07) is 5.58. The fourth-order valence-electron chi connectivity index (χ4n) is 2.65. The van der Waals surface area contributed by atoms with Crippen LogP contribution in [0, 0.1) is 6.92 Å². The maximum Gasteiger partial charge on any atom is 0.230 e. The first-order valence-corrected chi connectivity index (χ1v) is 8.37. The van der Waals surface area contributed by atoms with E-state index in [1.807, 2.05) is 51.5 Å². The molecule has 1 aromatic heterocycles. The van der Waals surface area contributed by atoms with Gasteiger partial charge in [0.15, 0.2) is 11.5 Å². The van der Waals surface area contributed by atoms with Gasteiger partial charge in [-0.25, -0.2) is 4.98 Å². The molecule has 1 N–H and O–H groups in total. The van der Waals surface area contributed by atoms with Crippen LogP contribution in [0.25, 0.3) is 0 Å². The molecule has 0 unspecified atom stereocenters. The van der Waals surface area contributed by atoms with Crippen LogP contribution < -0.4 is 14.8 Å². The molecule has 0 saturated heterocycles. The Balaban J connectivity index is 1.96. The van der Waals surface area contributed by atoms with Crippen LogP contribution in [0.1, 0.15) is 31.5 Å². The number of aromatic nitrogens is 2. The fraction of sp³-hybridized carbons (Fsp3) is 0.474. The summed E-state index contributed by atoms with van der Waals surface area (Å²) in [5.74, 6) is 1.26. The van der Waals surface area contributed by atoms with Gasteiger partial charge in [-0.3, -0.25) is 4.79 Å². The van der Waals surface area contributed by atoms with E-state index in [9.17, 15) is 4.79 Å². The second-order valence-corrected chi connectivity index (χ2v) is 6.53. The highest BCUT2D eigenvalue weighted by molar-refractivity contribution is 5.87. The molecule has 2 rings (SSSR count). The van der Waals surface area contributed by atoms with E-state index < -0.39 is 5.41 Å². The van der Waals surface area contributed by atoms with Crippen molar-refractivity contribution in [1.82, 2.24) is 14.9 Å². The van der Waals surface area contributed by atoms with Crippen molar-refractivity contribution in [2.75, 3.05) is 20.8 Å².